The maximum absolute atomic E-state index is 12.6. The van der Waals surface area contributed by atoms with Crippen LogP contribution in [0.15, 0.2) is 40.9 Å². The molecule has 1 fully saturated rings. The third kappa shape index (κ3) is 2.61. The molecule has 2 aromatic carbocycles. The summed E-state index contributed by atoms with van der Waals surface area (Å²) in [5.41, 5.74) is -0.235. The number of aliphatic carboxylic acids is 1. The minimum atomic E-state index is -0.842. The summed E-state index contributed by atoms with van der Waals surface area (Å²) in [6.07, 6.45) is 0.495. The highest BCUT2D eigenvalue weighted by Gasteiger charge is 2.42. The molecule has 1 aliphatic rings. The van der Waals surface area contributed by atoms with Gasteiger partial charge in [-0.25, -0.2) is 0 Å². The van der Waals surface area contributed by atoms with Crippen molar-refractivity contribution in [3.63, 3.8) is 0 Å². The number of amides is 1. The van der Waals surface area contributed by atoms with Gasteiger partial charge in [-0.3, -0.25) is 9.59 Å². The van der Waals surface area contributed by atoms with Crippen LogP contribution in [-0.4, -0.2) is 35.0 Å². The summed E-state index contributed by atoms with van der Waals surface area (Å²) in [6.45, 7) is 2.44. The Morgan fingerprint density at radius 1 is 1.18 bits per heavy atom. The van der Waals surface area contributed by atoms with Crippen molar-refractivity contribution in [1.29, 1.82) is 0 Å². The first-order valence-corrected chi connectivity index (χ1v) is 7.90. The predicted molar refractivity (Wildman–Crippen MR) is 87.9 cm³/mol. The number of likely N-dealkylation sites (tertiary alicyclic amines) is 1. The second-order valence-electron chi connectivity index (χ2n) is 6.05. The summed E-state index contributed by atoms with van der Waals surface area (Å²) >= 11 is 3.43. The molecule has 0 bridgehead atoms. The number of halogens is 1. The molecule has 0 aliphatic carbocycles. The average Bonchev–Trinajstić information content (AvgIpc) is 2.90. The molecular weight excluding hydrogens is 346 g/mol. The number of carboxylic acid groups (broad SMARTS) is 1. The summed E-state index contributed by atoms with van der Waals surface area (Å²) in [7, 11) is 0. The Labute approximate surface area is 136 Å². The summed E-state index contributed by atoms with van der Waals surface area (Å²) < 4.78 is 0.996. The first kappa shape index (κ1) is 15.0. The standard InChI is InChI=1S/C17H16BrNO3/c1-17(16(21)22)6-7-19(10-17)15(20)13-3-2-12-9-14(18)5-4-11(12)8-13/h2-5,8-9H,6-7,10H2,1H3,(H,21,22). The van der Waals surface area contributed by atoms with E-state index in [0.717, 1.165) is 15.2 Å². The van der Waals surface area contributed by atoms with Gasteiger partial charge in [0.2, 0.25) is 0 Å². The lowest BCUT2D eigenvalue weighted by molar-refractivity contribution is -0.147. The zero-order chi connectivity index (χ0) is 15.9. The van der Waals surface area contributed by atoms with Crippen LogP contribution in [0.4, 0.5) is 0 Å². The number of carbonyl (C=O) groups excluding carboxylic acids is 1. The molecule has 5 heteroatoms. The van der Waals surface area contributed by atoms with Crippen LogP contribution >= 0.6 is 15.9 Å². The van der Waals surface area contributed by atoms with Crippen LogP contribution in [0.25, 0.3) is 10.8 Å². The van der Waals surface area contributed by atoms with E-state index < -0.39 is 11.4 Å². The van der Waals surface area contributed by atoms with Gasteiger partial charge in [0, 0.05) is 23.1 Å². The second kappa shape index (κ2) is 5.39. The minimum Gasteiger partial charge on any atom is -0.481 e. The van der Waals surface area contributed by atoms with Crippen LogP contribution in [0.1, 0.15) is 23.7 Å². The van der Waals surface area contributed by atoms with Crippen LogP contribution in [0.2, 0.25) is 0 Å². The van der Waals surface area contributed by atoms with Crippen molar-refractivity contribution in [3.05, 3.63) is 46.4 Å². The molecule has 0 radical (unpaired) electrons. The third-order valence-corrected chi connectivity index (χ3v) is 4.82. The highest BCUT2D eigenvalue weighted by atomic mass is 79.9. The maximum Gasteiger partial charge on any atom is 0.311 e. The van der Waals surface area contributed by atoms with Crippen molar-refractivity contribution < 1.29 is 14.7 Å². The van der Waals surface area contributed by atoms with E-state index in [1.54, 1.807) is 17.9 Å². The van der Waals surface area contributed by atoms with Gasteiger partial charge in [-0.1, -0.05) is 28.1 Å². The fraction of sp³-hybridized carbons (Fsp3) is 0.294. The first-order valence-electron chi connectivity index (χ1n) is 7.11. The van der Waals surface area contributed by atoms with Crippen molar-refractivity contribution in [1.82, 2.24) is 4.90 Å². The van der Waals surface area contributed by atoms with Gasteiger partial charge in [-0.15, -0.1) is 0 Å². The summed E-state index contributed by atoms with van der Waals surface area (Å²) in [4.78, 5) is 25.5. The van der Waals surface area contributed by atoms with Crippen molar-refractivity contribution in [3.8, 4) is 0 Å². The SMILES string of the molecule is CC1(C(=O)O)CCN(C(=O)c2ccc3cc(Br)ccc3c2)C1. The maximum atomic E-state index is 12.6. The van der Waals surface area contributed by atoms with E-state index in [1.807, 2.05) is 30.3 Å². The smallest absolute Gasteiger partial charge is 0.311 e. The molecule has 0 saturated carbocycles. The van der Waals surface area contributed by atoms with Gasteiger partial charge in [0.25, 0.3) is 5.91 Å². The van der Waals surface area contributed by atoms with E-state index in [1.165, 1.54) is 0 Å². The number of hydrogen-bond acceptors (Lipinski definition) is 2. The Morgan fingerprint density at radius 2 is 1.86 bits per heavy atom. The molecule has 1 N–H and O–H groups in total. The predicted octanol–water partition coefficient (Wildman–Crippen LogP) is 3.54. The van der Waals surface area contributed by atoms with Crippen LogP contribution < -0.4 is 0 Å². The summed E-state index contributed by atoms with van der Waals surface area (Å²) in [5.74, 6) is -0.944. The molecule has 22 heavy (non-hydrogen) atoms. The first-order chi connectivity index (χ1) is 10.4. The van der Waals surface area contributed by atoms with E-state index in [2.05, 4.69) is 15.9 Å². The van der Waals surface area contributed by atoms with Crippen LogP contribution in [0, 0.1) is 5.41 Å². The molecule has 3 rings (SSSR count). The fourth-order valence-electron chi connectivity index (χ4n) is 2.84. The zero-order valence-electron chi connectivity index (χ0n) is 12.2. The Balaban J connectivity index is 1.87. The molecular formula is C17H16BrNO3. The van der Waals surface area contributed by atoms with Gasteiger partial charge in [-0.2, -0.15) is 0 Å². The normalized spacial score (nSPS) is 21.3. The van der Waals surface area contributed by atoms with Crippen molar-refractivity contribution >= 4 is 38.6 Å². The lowest BCUT2D eigenvalue weighted by atomic mass is 9.90. The zero-order valence-corrected chi connectivity index (χ0v) is 13.8. The van der Waals surface area contributed by atoms with E-state index in [9.17, 15) is 14.7 Å². The molecule has 2 aromatic rings. The third-order valence-electron chi connectivity index (χ3n) is 4.33. The fourth-order valence-corrected chi connectivity index (χ4v) is 3.22. The monoisotopic (exact) mass is 361 g/mol. The Hall–Kier alpha value is -1.88. The number of carbonyl (C=O) groups is 2. The largest absolute Gasteiger partial charge is 0.481 e. The summed E-state index contributed by atoms with van der Waals surface area (Å²) in [5, 5.41) is 11.3. The van der Waals surface area contributed by atoms with Crippen LogP contribution in [0.5, 0.6) is 0 Å². The minimum absolute atomic E-state index is 0.102. The van der Waals surface area contributed by atoms with Gasteiger partial charge >= 0.3 is 5.97 Å². The van der Waals surface area contributed by atoms with E-state index in [-0.39, 0.29) is 12.5 Å². The van der Waals surface area contributed by atoms with Crippen molar-refractivity contribution in [2.45, 2.75) is 13.3 Å². The van der Waals surface area contributed by atoms with Crippen molar-refractivity contribution in [2.24, 2.45) is 5.41 Å². The van der Waals surface area contributed by atoms with Gasteiger partial charge in [0.05, 0.1) is 5.41 Å². The van der Waals surface area contributed by atoms with E-state index >= 15 is 0 Å². The van der Waals surface area contributed by atoms with Gasteiger partial charge in [-0.05, 0) is 48.4 Å². The molecule has 1 atom stereocenters. The molecule has 1 unspecified atom stereocenters. The number of nitrogens with zero attached hydrogens (tertiary/aromatic N) is 1. The van der Waals surface area contributed by atoms with Crippen LogP contribution in [-0.2, 0) is 4.79 Å². The van der Waals surface area contributed by atoms with Gasteiger partial charge in [0.15, 0.2) is 0 Å². The van der Waals surface area contributed by atoms with Crippen molar-refractivity contribution in [2.75, 3.05) is 13.1 Å². The Bertz CT molecular complexity index is 774. The quantitative estimate of drug-likeness (QED) is 0.889. The second-order valence-corrected chi connectivity index (χ2v) is 6.96. The average molecular weight is 362 g/mol. The number of hydrogen-bond donors (Lipinski definition) is 1. The lowest BCUT2D eigenvalue weighted by Gasteiger charge is -2.20. The Kier molecular flexibility index (Phi) is 3.68. The summed E-state index contributed by atoms with van der Waals surface area (Å²) in [6, 6.07) is 11.5. The number of rotatable bonds is 2. The lowest BCUT2D eigenvalue weighted by Crippen LogP contribution is -2.34. The highest BCUT2D eigenvalue weighted by Crippen LogP contribution is 2.31. The van der Waals surface area contributed by atoms with Gasteiger partial charge < -0.3 is 10.0 Å². The number of fused-ring (bicyclic) bond motifs is 1. The number of carboxylic acids is 1. The molecule has 114 valence electrons. The van der Waals surface area contributed by atoms with Crippen LogP contribution in [0.3, 0.4) is 0 Å². The Morgan fingerprint density at radius 3 is 2.55 bits per heavy atom. The number of benzene rings is 2. The molecule has 1 saturated heterocycles. The van der Waals surface area contributed by atoms with E-state index in [0.29, 0.717) is 18.5 Å². The highest BCUT2D eigenvalue weighted by molar-refractivity contribution is 9.10. The van der Waals surface area contributed by atoms with E-state index in [4.69, 9.17) is 0 Å². The molecule has 0 aromatic heterocycles. The molecule has 1 amide bonds. The topological polar surface area (TPSA) is 57.6 Å². The molecule has 1 aliphatic heterocycles. The molecule has 1 heterocycles. The van der Waals surface area contributed by atoms with Gasteiger partial charge in [0.1, 0.15) is 0 Å². The molecule has 0 spiro atoms. The molecule has 4 nitrogen and oxygen atoms in total.